The molecule has 0 bridgehead atoms. The SMILES string of the molecule is Cc1ccccc1C(CC(C)C)NC(=O)CNCC1CC1.Cl. The van der Waals surface area contributed by atoms with Crippen molar-refractivity contribution < 1.29 is 4.79 Å². The summed E-state index contributed by atoms with van der Waals surface area (Å²) in [4.78, 5) is 12.1. The number of hydrogen-bond acceptors (Lipinski definition) is 2. The molecule has 1 amide bonds. The molecule has 3 nitrogen and oxygen atoms in total. The van der Waals surface area contributed by atoms with Gasteiger partial charge in [0.2, 0.25) is 5.91 Å². The Bertz CT molecular complexity index is 472. The summed E-state index contributed by atoms with van der Waals surface area (Å²) >= 11 is 0. The minimum Gasteiger partial charge on any atom is -0.348 e. The van der Waals surface area contributed by atoms with Crippen LogP contribution in [-0.2, 0) is 4.79 Å². The molecule has 0 heterocycles. The molecule has 1 saturated carbocycles. The standard InChI is InChI=1S/C18H28N2O.ClH/c1-13(2)10-17(16-7-5-4-6-14(16)3)20-18(21)12-19-11-15-8-9-15;/h4-7,13,15,17,19H,8-12H2,1-3H3,(H,20,21);1H. The Morgan fingerprint density at radius 2 is 1.95 bits per heavy atom. The molecule has 0 aliphatic heterocycles. The number of rotatable bonds is 8. The van der Waals surface area contributed by atoms with Gasteiger partial charge >= 0.3 is 0 Å². The topological polar surface area (TPSA) is 41.1 Å². The van der Waals surface area contributed by atoms with Gasteiger partial charge in [-0.25, -0.2) is 0 Å². The number of halogens is 1. The highest BCUT2D eigenvalue weighted by Gasteiger charge is 2.21. The second kappa shape index (κ2) is 9.16. The Morgan fingerprint density at radius 1 is 1.27 bits per heavy atom. The van der Waals surface area contributed by atoms with E-state index >= 15 is 0 Å². The summed E-state index contributed by atoms with van der Waals surface area (Å²) in [6.45, 7) is 7.91. The van der Waals surface area contributed by atoms with Gasteiger partial charge in [-0.2, -0.15) is 0 Å². The molecule has 0 spiro atoms. The third-order valence-corrected chi connectivity index (χ3v) is 4.02. The van der Waals surface area contributed by atoms with Crippen LogP contribution < -0.4 is 10.6 Å². The lowest BCUT2D eigenvalue weighted by Crippen LogP contribution is -2.37. The lowest BCUT2D eigenvalue weighted by atomic mass is 9.94. The first-order chi connectivity index (χ1) is 10.1. The molecule has 124 valence electrons. The van der Waals surface area contributed by atoms with E-state index in [1.807, 2.05) is 12.1 Å². The molecule has 1 aromatic rings. The smallest absolute Gasteiger partial charge is 0.234 e. The van der Waals surface area contributed by atoms with Crippen molar-refractivity contribution in [3.8, 4) is 0 Å². The lowest BCUT2D eigenvalue weighted by molar-refractivity contribution is -0.121. The van der Waals surface area contributed by atoms with Crippen LogP contribution in [0.3, 0.4) is 0 Å². The first kappa shape index (κ1) is 19.0. The van der Waals surface area contributed by atoms with Crippen LogP contribution in [0.4, 0.5) is 0 Å². The normalized spacial score (nSPS) is 15.3. The summed E-state index contributed by atoms with van der Waals surface area (Å²) in [6.07, 6.45) is 3.60. The first-order valence-electron chi connectivity index (χ1n) is 8.12. The number of benzene rings is 1. The first-order valence-corrected chi connectivity index (χ1v) is 8.12. The van der Waals surface area contributed by atoms with Gasteiger partial charge in [0, 0.05) is 0 Å². The second-order valence-electron chi connectivity index (χ2n) is 6.68. The summed E-state index contributed by atoms with van der Waals surface area (Å²) in [5.41, 5.74) is 2.48. The highest BCUT2D eigenvalue weighted by Crippen LogP contribution is 2.27. The van der Waals surface area contributed by atoms with E-state index in [1.165, 1.54) is 24.0 Å². The third-order valence-electron chi connectivity index (χ3n) is 4.02. The predicted octanol–water partition coefficient (Wildman–Crippen LogP) is 3.62. The van der Waals surface area contributed by atoms with Gasteiger partial charge < -0.3 is 10.6 Å². The van der Waals surface area contributed by atoms with E-state index < -0.39 is 0 Å². The maximum Gasteiger partial charge on any atom is 0.234 e. The van der Waals surface area contributed by atoms with Crippen LogP contribution in [0.25, 0.3) is 0 Å². The molecule has 22 heavy (non-hydrogen) atoms. The maximum absolute atomic E-state index is 12.1. The molecule has 0 saturated heterocycles. The molecule has 1 aromatic carbocycles. The molecule has 1 fully saturated rings. The summed E-state index contributed by atoms with van der Waals surface area (Å²) in [5.74, 6) is 1.46. The molecule has 2 N–H and O–H groups in total. The Morgan fingerprint density at radius 3 is 2.55 bits per heavy atom. The molecule has 4 heteroatoms. The van der Waals surface area contributed by atoms with E-state index in [2.05, 4.69) is 43.5 Å². The van der Waals surface area contributed by atoms with Crippen molar-refractivity contribution in [3.05, 3.63) is 35.4 Å². The summed E-state index contributed by atoms with van der Waals surface area (Å²) in [6, 6.07) is 8.44. The van der Waals surface area contributed by atoms with Crippen LogP contribution in [-0.4, -0.2) is 19.0 Å². The van der Waals surface area contributed by atoms with Gasteiger partial charge in [0.15, 0.2) is 0 Å². The minimum atomic E-state index is 0. The van der Waals surface area contributed by atoms with Crippen molar-refractivity contribution in [2.24, 2.45) is 11.8 Å². The van der Waals surface area contributed by atoms with Crippen LogP contribution in [0.5, 0.6) is 0 Å². The van der Waals surface area contributed by atoms with E-state index in [-0.39, 0.29) is 24.4 Å². The minimum absolute atomic E-state index is 0. The van der Waals surface area contributed by atoms with E-state index in [9.17, 15) is 4.79 Å². The van der Waals surface area contributed by atoms with Gasteiger partial charge in [-0.3, -0.25) is 4.79 Å². The third kappa shape index (κ3) is 6.37. The van der Waals surface area contributed by atoms with Gasteiger partial charge in [0.05, 0.1) is 12.6 Å². The predicted molar refractivity (Wildman–Crippen MR) is 94.4 cm³/mol. The highest BCUT2D eigenvalue weighted by atomic mass is 35.5. The Balaban J connectivity index is 0.00000242. The van der Waals surface area contributed by atoms with Gasteiger partial charge in [-0.05, 0) is 55.7 Å². The van der Waals surface area contributed by atoms with Crippen LogP contribution in [0, 0.1) is 18.8 Å². The lowest BCUT2D eigenvalue weighted by Gasteiger charge is -2.23. The Kier molecular flexibility index (Phi) is 7.91. The molecular weight excluding hydrogens is 296 g/mol. The summed E-state index contributed by atoms with van der Waals surface area (Å²) in [5, 5.41) is 6.46. The zero-order valence-electron chi connectivity index (χ0n) is 13.9. The maximum atomic E-state index is 12.1. The van der Waals surface area contributed by atoms with Crippen LogP contribution >= 0.6 is 12.4 Å². The Hall–Kier alpha value is -1.06. The van der Waals surface area contributed by atoms with E-state index in [4.69, 9.17) is 0 Å². The molecule has 0 radical (unpaired) electrons. The number of aryl methyl sites for hydroxylation is 1. The summed E-state index contributed by atoms with van der Waals surface area (Å²) < 4.78 is 0. The number of carbonyl (C=O) groups excluding carboxylic acids is 1. The van der Waals surface area contributed by atoms with Crippen LogP contribution in [0.2, 0.25) is 0 Å². The van der Waals surface area contributed by atoms with Crippen LogP contribution in [0.15, 0.2) is 24.3 Å². The van der Waals surface area contributed by atoms with Crippen molar-refractivity contribution in [1.82, 2.24) is 10.6 Å². The summed E-state index contributed by atoms with van der Waals surface area (Å²) in [7, 11) is 0. The second-order valence-corrected chi connectivity index (χ2v) is 6.68. The zero-order chi connectivity index (χ0) is 15.2. The number of hydrogen-bond donors (Lipinski definition) is 2. The van der Waals surface area contributed by atoms with Crippen LogP contribution in [0.1, 0.15) is 50.3 Å². The van der Waals surface area contributed by atoms with Gasteiger partial charge in [-0.15, -0.1) is 12.4 Å². The van der Waals surface area contributed by atoms with Crippen molar-refractivity contribution in [1.29, 1.82) is 0 Å². The van der Waals surface area contributed by atoms with Crippen molar-refractivity contribution in [2.45, 2.75) is 46.1 Å². The number of amides is 1. The zero-order valence-corrected chi connectivity index (χ0v) is 14.7. The number of carbonyl (C=O) groups is 1. The molecular formula is C18H29ClN2O. The molecule has 1 aliphatic rings. The largest absolute Gasteiger partial charge is 0.348 e. The Labute approximate surface area is 140 Å². The molecule has 1 atom stereocenters. The van der Waals surface area contributed by atoms with Gasteiger partial charge in [0.1, 0.15) is 0 Å². The fourth-order valence-electron chi connectivity index (χ4n) is 2.67. The average molecular weight is 325 g/mol. The van der Waals surface area contributed by atoms with E-state index in [0.717, 1.165) is 18.9 Å². The molecule has 2 rings (SSSR count). The molecule has 1 aliphatic carbocycles. The molecule has 0 aromatic heterocycles. The van der Waals surface area contributed by atoms with Crippen molar-refractivity contribution >= 4 is 18.3 Å². The number of nitrogens with one attached hydrogen (secondary N) is 2. The van der Waals surface area contributed by atoms with E-state index in [0.29, 0.717) is 12.5 Å². The van der Waals surface area contributed by atoms with Crippen molar-refractivity contribution in [2.75, 3.05) is 13.1 Å². The van der Waals surface area contributed by atoms with Gasteiger partial charge in [0.25, 0.3) is 0 Å². The molecule has 1 unspecified atom stereocenters. The fourth-order valence-corrected chi connectivity index (χ4v) is 2.67. The van der Waals surface area contributed by atoms with E-state index in [1.54, 1.807) is 0 Å². The van der Waals surface area contributed by atoms with Crippen molar-refractivity contribution in [3.63, 3.8) is 0 Å². The average Bonchev–Trinajstić information content (AvgIpc) is 3.22. The fraction of sp³-hybridized carbons (Fsp3) is 0.611. The highest BCUT2D eigenvalue weighted by molar-refractivity contribution is 5.85. The quantitative estimate of drug-likeness (QED) is 0.767. The monoisotopic (exact) mass is 324 g/mol. The van der Waals surface area contributed by atoms with Gasteiger partial charge in [-0.1, -0.05) is 38.1 Å².